The Hall–Kier alpha value is -2.12. The summed E-state index contributed by atoms with van der Waals surface area (Å²) in [7, 11) is 1.48. The van der Waals surface area contributed by atoms with Crippen molar-refractivity contribution in [3.05, 3.63) is 58.6 Å². The highest BCUT2D eigenvalue weighted by Gasteiger charge is 2.12. The minimum absolute atomic E-state index is 0.237. The van der Waals surface area contributed by atoms with Crippen LogP contribution in [0.15, 0.2) is 47.4 Å². The van der Waals surface area contributed by atoms with Crippen molar-refractivity contribution in [3.63, 3.8) is 0 Å². The fraction of sp³-hybridized carbons (Fsp3) is 0.125. The minimum atomic E-state index is -2.51. The molecule has 0 atom stereocenters. The number of nitrogens with one attached hydrogen (secondary N) is 2. The molecule has 2 rings (SSSR count). The van der Waals surface area contributed by atoms with Crippen molar-refractivity contribution in [3.8, 4) is 0 Å². The molecule has 0 unspecified atom stereocenters. The van der Waals surface area contributed by atoms with Crippen molar-refractivity contribution in [1.82, 2.24) is 5.32 Å². The largest absolute Gasteiger partial charge is 0.355 e. The van der Waals surface area contributed by atoms with E-state index in [4.69, 9.17) is 11.6 Å². The first kappa shape index (κ1) is 18.2. The predicted octanol–water partition coefficient (Wildman–Crippen LogP) is 4.27. The van der Waals surface area contributed by atoms with E-state index in [0.29, 0.717) is 27.9 Å². The molecule has 0 saturated heterocycles. The van der Waals surface area contributed by atoms with Gasteiger partial charge in [-0.05, 0) is 42.5 Å². The molecule has 0 fully saturated rings. The quantitative estimate of drug-likeness (QED) is 0.773. The van der Waals surface area contributed by atoms with Gasteiger partial charge < -0.3 is 10.6 Å². The lowest BCUT2D eigenvalue weighted by Gasteiger charge is -2.09. The minimum Gasteiger partial charge on any atom is -0.355 e. The van der Waals surface area contributed by atoms with E-state index in [1.165, 1.54) is 43.4 Å². The summed E-state index contributed by atoms with van der Waals surface area (Å²) >= 11 is 6.35. The topological polar surface area (TPSA) is 58.2 Å². The summed E-state index contributed by atoms with van der Waals surface area (Å²) < 4.78 is 24.5. The zero-order chi connectivity index (χ0) is 17.7. The molecule has 0 aliphatic heterocycles. The van der Waals surface area contributed by atoms with E-state index in [-0.39, 0.29) is 16.5 Å². The molecule has 0 radical (unpaired) electrons. The van der Waals surface area contributed by atoms with Gasteiger partial charge in [-0.1, -0.05) is 23.4 Å². The lowest BCUT2D eigenvalue weighted by molar-refractivity contribution is 0.0961. The van der Waals surface area contributed by atoms with Crippen LogP contribution in [0.2, 0.25) is 5.02 Å². The van der Waals surface area contributed by atoms with Gasteiger partial charge in [-0.3, -0.25) is 9.59 Å². The molecule has 0 saturated carbocycles. The van der Waals surface area contributed by atoms with Crippen molar-refractivity contribution in [2.75, 3.05) is 12.4 Å². The molecule has 2 aromatic carbocycles. The molecule has 0 aliphatic rings. The number of hydrogen-bond acceptors (Lipinski definition) is 3. The van der Waals surface area contributed by atoms with Crippen LogP contribution < -0.4 is 10.6 Å². The van der Waals surface area contributed by atoms with Gasteiger partial charge in [-0.2, -0.15) is 8.78 Å². The van der Waals surface area contributed by atoms with Crippen molar-refractivity contribution in [2.45, 2.75) is 10.7 Å². The summed E-state index contributed by atoms with van der Waals surface area (Å²) in [5.41, 5.74) is 0.944. The van der Waals surface area contributed by atoms with Crippen molar-refractivity contribution in [1.29, 1.82) is 0 Å². The zero-order valence-corrected chi connectivity index (χ0v) is 14.0. The van der Waals surface area contributed by atoms with Gasteiger partial charge in [0.05, 0.1) is 10.6 Å². The maximum Gasteiger partial charge on any atom is 0.288 e. The molecule has 126 valence electrons. The summed E-state index contributed by atoms with van der Waals surface area (Å²) in [4.78, 5) is 24.2. The van der Waals surface area contributed by atoms with Crippen molar-refractivity contribution in [2.24, 2.45) is 0 Å². The van der Waals surface area contributed by atoms with Gasteiger partial charge in [-0.15, -0.1) is 0 Å². The Morgan fingerprint density at radius 3 is 2.33 bits per heavy atom. The Morgan fingerprint density at radius 1 is 1.08 bits per heavy atom. The highest BCUT2D eigenvalue weighted by molar-refractivity contribution is 7.99. The Bertz CT molecular complexity index is 754. The maximum absolute atomic E-state index is 12.3. The average molecular weight is 371 g/mol. The number of anilines is 1. The lowest BCUT2D eigenvalue weighted by atomic mass is 10.1. The molecular formula is C16H13ClF2N2O2S. The third-order valence-corrected chi connectivity index (χ3v) is 4.09. The Balaban J connectivity index is 2.13. The monoisotopic (exact) mass is 370 g/mol. The summed E-state index contributed by atoms with van der Waals surface area (Å²) in [6.45, 7) is 0. The first-order chi connectivity index (χ1) is 11.4. The van der Waals surface area contributed by atoms with E-state index in [1.54, 1.807) is 6.07 Å². The second-order valence-electron chi connectivity index (χ2n) is 4.63. The standard InChI is InChI=1S/C16H13ClF2N2O2S/c1-20-15(23)12-8-10(4-7-13(12)17)21-14(22)9-2-5-11(6-3-9)24-16(18)19/h2-8,16H,1H3,(H,20,23)(H,21,22). The third kappa shape index (κ3) is 4.69. The Kier molecular flexibility index (Phi) is 6.16. The molecule has 0 bridgehead atoms. The number of alkyl halides is 2. The van der Waals surface area contributed by atoms with Crippen LogP contribution in [-0.2, 0) is 0 Å². The van der Waals surface area contributed by atoms with Crippen LogP contribution in [0, 0.1) is 0 Å². The van der Waals surface area contributed by atoms with Gasteiger partial charge >= 0.3 is 0 Å². The normalized spacial score (nSPS) is 10.5. The molecule has 0 spiro atoms. The third-order valence-electron chi connectivity index (χ3n) is 3.04. The van der Waals surface area contributed by atoms with Gasteiger partial charge in [-0.25, -0.2) is 0 Å². The second kappa shape index (κ2) is 8.12. The first-order valence-electron chi connectivity index (χ1n) is 6.78. The molecule has 2 N–H and O–H groups in total. The summed E-state index contributed by atoms with van der Waals surface area (Å²) in [6.07, 6.45) is 0. The van der Waals surface area contributed by atoms with Crippen LogP contribution in [0.5, 0.6) is 0 Å². The van der Waals surface area contributed by atoms with Crippen molar-refractivity contribution >= 4 is 40.9 Å². The molecule has 4 nitrogen and oxygen atoms in total. The number of amides is 2. The summed E-state index contributed by atoms with van der Waals surface area (Å²) in [5.74, 6) is -3.31. The number of thioether (sulfide) groups is 1. The van der Waals surface area contributed by atoms with E-state index in [9.17, 15) is 18.4 Å². The van der Waals surface area contributed by atoms with E-state index >= 15 is 0 Å². The second-order valence-corrected chi connectivity index (χ2v) is 6.10. The van der Waals surface area contributed by atoms with Gasteiger partial charge in [0.25, 0.3) is 17.6 Å². The van der Waals surface area contributed by atoms with Gasteiger partial charge in [0, 0.05) is 23.2 Å². The highest BCUT2D eigenvalue weighted by Crippen LogP contribution is 2.25. The molecule has 2 amide bonds. The molecule has 8 heteroatoms. The van der Waals surface area contributed by atoms with E-state index < -0.39 is 11.7 Å². The molecule has 0 heterocycles. The highest BCUT2D eigenvalue weighted by atomic mass is 35.5. The van der Waals surface area contributed by atoms with Crippen LogP contribution in [0.1, 0.15) is 20.7 Å². The van der Waals surface area contributed by atoms with Crippen LogP contribution in [-0.4, -0.2) is 24.6 Å². The predicted molar refractivity (Wildman–Crippen MR) is 91.1 cm³/mol. The van der Waals surface area contributed by atoms with Crippen LogP contribution >= 0.6 is 23.4 Å². The summed E-state index contributed by atoms with van der Waals surface area (Å²) in [5, 5.41) is 5.35. The number of carbonyl (C=O) groups excluding carboxylic acids is 2. The lowest BCUT2D eigenvalue weighted by Crippen LogP contribution is -2.19. The Labute approximate surface area is 146 Å². The maximum atomic E-state index is 12.3. The zero-order valence-electron chi connectivity index (χ0n) is 12.5. The van der Waals surface area contributed by atoms with Crippen LogP contribution in [0.3, 0.4) is 0 Å². The number of halogens is 3. The number of hydrogen-bond donors (Lipinski definition) is 2. The van der Waals surface area contributed by atoms with E-state index in [1.807, 2.05) is 0 Å². The molecule has 2 aromatic rings. The smallest absolute Gasteiger partial charge is 0.288 e. The van der Waals surface area contributed by atoms with Gasteiger partial charge in [0.2, 0.25) is 0 Å². The number of carbonyl (C=O) groups is 2. The van der Waals surface area contributed by atoms with Gasteiger partial charge in [0.15, 0.2) is 0 Å². The van der Waals surface area contributed by atoms with E-state index in [2.05, 4.69) is 10.6 Å². The number of benzene rings is 2. The molecule has 24 heavy (non-hydrogen) atoms. The summed E-state index contributed by atoms with van der Waals surface area (Å²) in [6, 6.07) is 10.3. The average Bonchev–Trinajstić information content (AvgIpc) is 2.56. The first-order valence-corrected chi connectivity index (χ1v) is 8.04. The van der Waals surface area contributed by atoms with Crippen LogP contribution in [0.25, 0.3) is 0 Å². The van der Waals surface area contributed by atoms with E-state index in [0.717, 1.165) is 0 Å². The fourth-order valence-electron chi connectivity index (χ4n) is 1.90. The molecule has 0 aliphatic carbocycles. The fourth-order valence-corrected chi connectivity index (χ4v) is 2.61. The van der Waals surface area contributed by atoms with Crippen LogP contribution in [0.4, 0.5) is 14.5 Å². The molecular weight excluding hydrogens is 358 g/mol. The molecule has 0 aromatic heterocycles. The SMILES string of the molecule is CNC(=O)c1cc(NC(=O)c2ccc(SC(F)F)cc2)ccc1Cl. The number of rotatable bonds is 5. The Morgan fingerprint density at radius 2 is 1.75 bits per heavy atom. The van der Waals surface area contributed by atoms with Crippen molar-refractivity contribution < 1.29 is 18.4 Å². The van der Waals surface area contributed by atoms with Gasteiger partial charge in [0.1, 0.15) is 0 Å².